The van der Waals surface area contributed by atoms with E-state index in [4.69, 9.17) is 11.6 Å². The molecule has 1 rings (SSSR count). The van der Waals surface area contributed by atoms with Crippen molar-refractivity contribution in [2.45, 2.75) is 19.3 Å². The van der Waals surface area contributed by atoms with Gasteiger partial charge in [0.25, 0.3) is 10.1 Å². The molecule has 1 aromatic rings. The Labute approximate surface area is 102 Å². The van der Waals surface area contributed by atoms with Crippen LogP contribution < -0.4 is 0 Å². The van der Waals surface area contributed by atoms with Crippen molar-refractivity contribution in [1.82, 2.24) is 0 Å². The second kappa shape index (κ2) is 6.23. The molecule has 0 spiro atoms. The van der Waals surface area contributed by atoms with E-state index in [-0.39, 0.29) is 6.61 Å². The molecule has 0 aliphatic heterocycles. The van der Waals surface area contributed by atoms with Gasteiger partial charge in [-0.1, -0.05) is 23.7 Å². The molecule has 0 heterocycles. The lowest BCUT2D eigenvalue weighted by molar-refractivity contribution is 0.312. The SMILES string of the molecule is CS(=O)(=O)OCCCCc1ccc(Cl)cc1. The second-order valence-electron chi connectivity index (χ2n) is 3.61. The summed E-state index contributed by atoms with van der Waals surface area (Å²) in [4.78, 5) is 0. The lowest BCUT2D eigenvalue weighted by atomic mass is 10.1. The maximum Gasteiger partial charge on any atom is 0.264 e. The summed E-state index contributed by atoms with van der Waals surface area (Å²) in [5.41, 5.74) is 1.20. The van der Waals surface area contributed by atoms with Gasteiger partial charge in [0.2, 0.25) is 0 Å². The molecule has 0 atom stereocenters. The van der Waals surface area contributed by atoms with Gasteiger partial charge in [-0.05, 0) is 37.0 Å². The highest BCUT2D eigenvalue weighted by Gasteiger charge is 2.00. The minimum atomic E-state index is -3.29. The zero-order chi connectivity index (χ0) is 12.0. The Hall–Kier alpha value is -0.580. The molecule has 0 aromatic heterocycles. The van der Waals surface area contributed by atoms with Crippen LogP contribution in [0.3, 0.4) is 0 Å². The van der Waals surface area contributed by atoms with E-state index >= 15 is 0 Å². The van der Waals surface area contributed by atoms with Crippen molar-refractivity contribution in [2.75, 3.05) is 12.9 Å². The van der Waals surface area contributed by atoms with E-state index < -0.39 is 10.1 Å². The molecule has 0 unspecified atom stereocenters. The predicted molar refractivity (Wildman–Crippen MR) is 65.2 cm³/mol. The summed E-state index contributed by atoms with van der Waals surface area (Å²) in [5, 5.41) is 0.726. The van der Waals surface area contributed by atoms with E-state index in [9.17, 15) is 8.42 Å². The maximum absolute atomic E-state index is 10.7. The third kappa shape index (κ3) is 6.10. The van der Waals surface area contributed by atoms with Gasteiger partial charge in [-0.3, -0.25) is 4.18 Å². The highest BCUT2D eigenvalue weighted by molar-refractivity contribution is 7.85. The van der Waals surface area contributed by atoms with Crippen molar-refractivity contribution in [3.8, 4) is 0 Å². The topological polar surface area (TPSA) is 43.4 Å². The first-order valence-electron chi connectivity index (χ1n) is 5.06. The number of aryl methyl sites for hydroxylation is 1. The van der Waals surface area contributed by atoms with Crippen molar-refractivity contribution in [2.24, 2.45) is 0 Å². The van der Waals surface area contributed by atoms with Crippen LogP contribution in [0.5, 0.6) is 0 Å². The number of hydrogen-bond acceptors (Lipinski definition) is 3. The minimum absolute atomic E-state index is 0.256. The van der Waals surface area contributed by atoms with Gasteiger partial charge in [0, 0.05) is 5.02 Å². The molecular formula is C11H15ClO3S. The van der Waals surface area contributed by atoms with Gasteiger partial charge >= 0.3 is 0 Å². The lowest BCUT2D eigenvalue weighted by Gasteiger charge is -2.02. The molecule has 0 bridgehead atoms. The highest BCUT2D eigenvalue weighted by Crippen LogP contribution is 2.11. The fourth-order valence-corrected chi connectivity index (χ4v) is 1.84. The van der Waals surface area contributed by atoms with Gasteiger partial charge in [-0.25, -0.2) is 0 Å². The van der Waals surface area contributed by atoms with Gasteiger partial charge in [0.05, 0.1) is 12.9 Å². The smallest absolute Gasteiger partial charge is 0.264 e. The molecule has 0 saturated carbocycles. The lowest BCUT2D eigenvalue weighted by Crippen LogP contribution is -2.04. The molecular weight excluding hydrogens is 248 g/mol. The minimum Gasteiger partial charge on any atom is -0.270 e. The molecule has 0 aliphatic carbocycles. The normalized spacial score (nSPS) is 11.6. The summed E-state index contributed by atoms with van der Waals surface area (Å²) >= 11 is 5.76. The van der Waals surface area contributed by atoms with Crippen LogP contribution >= 0.6 is 11.6 Å². The quantitative estimate of drug-likeness (QED) is 0.585. The summed E-state index contributed by atoms with van der Waals surface area (Å²) in [5.74, 6) is 0. The van der Waals surface area contributed by atoms with E-state index in [1.165, 1.54) is 5.56 Å². The van der Waals surface area contributed by atoms with Crippen LogP contribution in [0.1, 0.15) is 18.4 Å². The van der Waals surface area contributed by atoms with Crippen LogP contribution in [0.15, 0.2) is 24.3 Å². The monoisotopic (exact) mass is 262 g/mol. The number of rotatable bonds is 6. The summed E-state index contributed by atoms with van der Waals surface area (Å²) in [7, 11) is -3.29. The largest absolute Gasteiger partial charge is 0.270 e. The third-order valence-electron chi connectivity index (χ3n) is 2.07. The Balaban J connectivity index is 2.19. The maximum atomic E-state index is 10.7. The Kier molecular flexibility index (Phi) is 5.25. The first kappa shape index (κ1) is 13.5. The summed E-state index contributed by atoms with van der Waals surface area (Å²) in [6.07, 6.45) is 3.60. The van der Waals surface area contributed by atoms with Crippen LogP contribution in [0, 0.1) is 0 Å². The fourth-order valence-electron chi connectivity index (χ4n) is 1.29. The van der Waals surface area contributed by atoms with Crippen LogP contribution in [0.4, 0.5) is 0 Å². The highest BCUT2D eigenvalue weighted by atomic mass is 35.5. The number of hydrogen-bond donors (Lipinski definition) is 0. The fraction of sp³-hybridized carbons (Fsp3) is 0.455. The predicted octanol–water partition coefficient (Wildman–Crippen LogP) is 2.64. The zero-order valence-corrected chi connectivity index (χ0v) is 10.7. The number of benzene rings is 1. The van der Waals surface area contributed by atoms with Crippen LogP contribution in [-0.4, -0.2) is 21.3 Å². The average Bonchev–Trinajstić information content (AvgIpc) is 2.19. The van der Waals surface area contributed by atoms with E-state index in [0.29, 0.717) is 0 Å². The van der Waals surface area contributed by atoms with Crippen molar-refractivity contribution >= 4 is 21.7 Å². The third-order valence-corrected chi connectivity index (χ3v) is 2.92. The Morgan fingerprint density at radius 2 is 1.81 bits per heavy atom. The molecule has 16 heavy (non-hydrogen) atoms. The van der Waals surface area contributed by atoms with E-state index in [2.05, 4.69) is 4.18 Å². The molecule has 0 fully saturated rings. The van der Waals surface area contributed by atoms with Crippen molar-refractivity contribution in [3.63, 3.8) is 0 Å². The standard InChI is InChI=1S/C11H15ClO3S/c1-16(13,14)15-9-3-2-4-10-5-7-11(12)8-6-10/h5-8H,2-4,9H2,1H3. The van der Waals surface area contributed by atoms with Crippen molar-refractivity contribution in [3.05, 3.63) is 34.9 Å². The molecule has 0 saturated heterocycles. The van der Waals surface area contributed by atoms with Gasteiger partial charge < -0.3 is 0 Å². The molecule has 0 aliphatic rings. The zero-order valence-electron chi connectivity index (χ0n) is 9.15. The van der Waals surface area contributed by atoms with Crippen LogP contribution in [0.2, 0.25) is 5.02 Å². The Bertz CT molecular complexity index is 411. The molecule has 0 radical (unpaired) electrons. The summed E-state index contributed by atoms with van der Waals surface area (Å²) < 4.78 is 26.0. The van der Waals surface area contributed by atoms with Crippen LogP contribution in [-0.2, 0) is 20.7 Å². The first-order valence-corrected chi connectivity index (χ1v) is 7.26. The molecule has 5 heteroatoms. The van der Waals surface area contributed by atoms with E-state index in [1.54, 1.807) is 0 Å². The van der Waals surface area contributed by atoms with Gasteiger partial charge in [0.1, 0.15) is 0 Å². The van der Waals surface area contributed by atoms with Gasteiger partial charge in [-0.15, -0.1) is 0 Å². The molecule has 0 N–H and O–H groups in total. The summed E-state index contributed by atoms with van der Waals surface area (Å²) in [6.45, 7) is 0.256. The molecule has 90 valence electrons. The second-order valence-corrected chi connectivity index (χ2v) is 5.69. The van der Waals surface area contributed by atoms with Crippen molar-refractivity contribution in [1.29, 1.82) is 0 Å². The average molecular weight is 263 g/mol. The van der Waals surface area contributed by atoms with E-state index in [1.807, 2.05) is 24.3 Å². The van der Waals surface area contributed by atoms with Gasteiger partial charge in [-0.2, -0.15) is 8.42 Å². The Morgan fingerprint density at radius 1 is 1.19 bits per heavy atom. The Morgan fingerprint density at radius 3 is 2.38 bits per heavy atom. The van der Waals surface area contributed by atoms with Crippen LogP contribution in [0.25, 0.3) is 0 Å². The molecule has 0 amide bonds. The van der Waals surface area contributed by atoms with E-state index in [0.717, 1.165) is 30.5 Å². The van der Waals surface area contributed by atoms with Gasteiger partial charge in [0.15, 0.2) is 0 Å². The molecule has 1 aromatic carbocycles. The first-order chi connectivity index (χ1) is 7.47. The van der Waals surface area contributed by atoms with Crippen molar-refractivity contribution < 1.29 is 12.6 Å². The summed E-state index contributed by atoms with van der Waals surface area (Å²) in [6, 6.07) is 7.65. The number of unbranched alkanes of at least 4 members (excludes halogenated alkanes) is 1. The number of halogens is 1. The molecule has 3 nitrogen and oxygen atoms in total.